The predicted molar refractivity (Wildman–Crippen MR) is 42.3 cm³/mol. The van der Waals surface area contributed by atoms with Gasteiger partial charge in [0.1, 0.15) is 6.10 Å². The van der Waals surface area contributed by atoms with Crippen molar-refractivity contribution in [2.45, 2.75) is 36.7 Å². The summed E-state index contributed by atoms with van der Waals surface area (Å²) in [4.78, 5) is 0. The van der Waals surface area contributed by atoms with Crippen molar-refractivity contribution in [2.75, 3.05) is 0 Å². The molecule has 0 aromatic carbocycles. The number of fused-ring (bicyclic) bond motifs is 1. The van der Waals surface area contributed by atoms with E-state index in [9.17, 15) is 25.0 Å². The van der Waals surface area contributed by atoms with E-state index in [1.54, 1.807) is 0 Å². The SMILES string of the molecule is C[C@@H]1O[C@]2(O)OP3(=O)O[C@@]2(O)[C@@](O)(O3)[C@@H]1O. The van der Waals surface area contributed by atoms with E-state index < -0.39 is 37.6 Å². The molecule has 0 aromatic heterocycles. The Morgan fingerprint density at radius 2 is 1.81 bits per heavy atom. The average Bonchev–Trinajstić information content (AvgIpc) is 2.43. The minimum atomic E-state index is -4.35. The molecule has 2 bridgehead atoms. The van der Waals surface area contributed by atoms with Gasteiger partial charge in [0.05, 0.1) is 6.10 Å². The summed E-state index contributed by atoms with van der Waals surface area (Å²) in [5, 5.41) is 39.1. The van der Waals surface area contributed by atoms with Crippen molar-refractivity contribution in [3.63, 3.8) is 0 Å². The van der Waals surface area contributed by atoms with E-state index in [1.165, 1.54) is 6.92 Å². The predicted octanol–water partition coefficient (Wildman–Crippen LogP) is -2.03. The number of hydrogen-bond donors (Lipinski definition) is 4. The summed E-state index contributed by atoms with van der Waals surface area (Å²) < 4.78 is 29.6. The van der Waals surface area contributed by atoms with Gasteiger partial charge in [0.2, 0.25) is 0 Å². The van der Waals surface area contributed by atoms with Crippen molar-refractivity contribution in [1.82, 2.24) is 0 Å². The normalized spacial score (nSPS) is 68.6. The standard InChI is InChI=1S/C6H9O9P/c1-2-3(7)4(8)5(9)6(10,12-2)15-16(11,13-4)14-5/h2-3,7-10H,1H3/t2-,3+,4-,5-,6-,16?/m0/s1. The van der Waals surface area contributed by atoms with Gasteiger partial charge < -0.3 is 25.2 Å². The molecule has 4 N–H and O–H groups in total. The molecule has 6 atom stereocenters. The van der Waals surface area contributed by atoms with Crippen LogP contribution in [0.5, 0.6) is 0 Å². The molecule has 3 aliphatic rings. The Labute approximate surface area is 88.7 Å². The minimum absolute atomic E-state index is 1.13. The molecule has 3 rings (SSSR count). The Hall–Kier alpha value is -0.0900. The van der Waals surface area contributed by atoms with Crippen LogP contribution in [-0.4, -0.2) is 50.2 Å². The first-order valence-electron chi connectivity index (χ1n) is 4.41. The van der Waals surface area contributed by atoms with E-state index in [-0.39, 0.29) is 0 Å². The quantitative estimate of drug-likeness (QED) is 0.362. The third-order valence-corrected chi connectivity index (χ3v) is 4.30. The van der Waals surface area contributed by atoms with Crippen LogP contribution < -0.4 is 0 Å². The zero-order valence-electron chi connectivity index (χ0n) is 7.93. The maximum absolute atomic E-state index is 11.6. The number of phosphoric acid groups is 1. The largest absolute Gasteiger partial charge is 0.485 e. The lowest BCUT2D eigenvalue weighted by Gasteiger charge is -2.50. The van der Waals surface area contributed by atoms with Crippen LogP contribution in [0.3, 0.4) is 0 Å². The lowest BCUT2D eigenvalue weighted by molar-refractivity contribution is -0.524. The van der Waals surface area contributed by atoms with Gasteiger partial charge in [0, 0.05) is 0 Å². The second-order valence-electron chi connectivity index (χ2n) is 3.91. The number of phosphoric ester groups is 1. The summed E-state index contributed by atoms with van der Waals surface area (Å²) in [5.41, 5.74) is 0. The number of aliphatic hydroxyl groups is 4. The van der Waals surface area contributed by atoms with Crippen LogP contribution in [0.15, 0.2) is 0 Å². The van der Waals surface area contributed by atoms with E-state index in [2.05, 4.69) is 13.6 Å². The van der Waals surface area contributed by atoms with Crippen molar-refractivity contribution in [3.8, 4) is 0 Å². The van der Waals surface area contributed by atoms with Crippen molar-refractivity contribution >= 4 is 7.82 Å². The first kappa shape index (κ1) is 11.0. The molecule has 0 spiro atoms. The highest BCUT2D eigenvalue weighted by atomic mass is 31.2. The maximum Gasteiger partial charge on any atom is 0.485 e. The van der Waals surface area contributed by atoms with Gasteiger partial charge in [-0.2, -0.15) is 0 Å². The molecule has 9 nitrogen and oxygen atoms in total. The van der Waals surface area contributed by atoms with Gasteiger partial charge in [-0.15, -0.1) is 0 Å². The van der Waals surface area contributed by atoms with Crippen LogP contribution in [0, 0.1) is 0 Å². The summed E-state index contributed by atoms with van der Waals surface area (Å²) in [6.45, 7) is 1.29. The third kappa shape index (κ3) is 0.894. The summed E-state index contributed by atoms with van der Waals surface area (Å²) >= 11 is 0. The Morgan fingerprint density at radius 3 is 2.38 bits per heavy atom. The second-order valence-corrected chi connectivity index (χ2v) is 5.35. The van der Waals surface area contributed by atoms with Crippen LogP contribution in [-0.2, 0) is 22.9 Å². The molecular weight excluding hydrogens is 247 g/mol. The van der Waals surface area contributed by atoms with Crippen LogP contribution in [0.1, 0.15) is 6.92 Å². The molecule has 0 aliphatic carbocycles. The molecule has 3 saturated heterocycles. The zero-order valence-corrected chi connectivity index (χ0v) is 8.83. The van der Waals surface area contributed by atoms with Crippen molar-refractivity contribution in [3.05, 3.63) is 0 Å². The summed E-state index contributed by atoms with van der Waals surface area (Å²) in [6.07, 6.45) is -2.90. The Morgan fingerprint density at radius 1 is 1.19 bits per heavy atom. The van der Waals surface area contributed by atoms with E-state index >= 15 is 0 Å². The first-order valence-corrected chi connectivity index (χ1v) is 5.87. The van der Waals surface area contributed by atoms with Crippen LogP contribution in [0.25, 0.3) is 0 Å². The number of hydrogen-bond acceptors (Lipinski definition) is 9. The molecule has 0 aromatic rings. The van der Waals surface area contributed by atoms with Gasteiger partial charge >= 0.3 is 19.6 Å². The molecule has 0 saturated carbocycles. The van der Waals surface area contributed by atoms with Crippen LogP contribution >= 0.6 is 7.82 Å². The van der Waals surface area contributed by atoms with Gasteiger partial charge in [-0.3, -0.25) is 0 Å². The summed E-state index contributed by atoms with van der Waals surface area (Å²) in [7, 11) is -4.35. The molecule has 0 amide bonds. The van der Waals surface area contributed by atoms with E-state index in [4.69, 9.17) is 4.74 Å². The molecule has 0 radical (unpaired) electrons. The third-order valence-electron chi connectivity index (χ3n) is 2.84. The highest BCUT2D eigenvalue weighted by Gasteiger charge is 2.89. The Bertz CT molecular complexity index is 413. The molecule has 16 heavy (non-hydrogen) atoms. The van der Waals surface area contributed by atoms with E-state index in [0.717, 1.165) is 0 Å². The Balaban J connectivity index is 2.20. The molecule has 3 aliphatic heterocycles. The molecule has 3 heterocycles. The van der Waals surface area contributed by atoms with Gasteiger partial charge in [0.25, 0.3) is 5.79 Å². The fourth-order valence-corrected chi connectivity index (χ4v) is 3.73. The molecule has 92 valence electrons. The number of rotatable bonds is 0. The number of aliphatic hydroxyl groups excluding tert-OH is 1. The Kier molecular flexibility index (Phi) is 1.73. The average molecular weight is 256 g/mol. The van der Waals surface area contributed by atoms with Crippen LogP contribution in [0.4, 0.5) is 0 Å². The fraction of sp³-hybridized carbons (Fsp3) is 1.00. The van der Waals surface area contributed by atoms with Gasteiger partial charge in [0.15, 0.2) is 0 Å². The zero-order chi connectivity index (χ0) is 12.0. The van der Waals surface area contributed by atoms with E-state index in [1.807, 2.05) is 0 Å². The molecule has 1 unspecified atom stereocenters. The summed E-state index contributed by atoms with van der Waals surface area (Å²) in [6, 6.07) is 0. The topological polar surface area (TPSA) is 135 Å². The smallest absolute Gasteiger partial charge is 0.385 e. The van der Waals surface area contributed by atoms with Crippen molar-refractivity contribution < 1.29 is 43.3 Å². The highest BCUT2D eigenvalue weighted by Crippen LogP contribution is 2.76. The van der Waals surface area contributed by atoms with Gasteiger partial charge in [-0.05, 0) is 6.92 Å². The molecule has 3 fully saturated rings. The van der Waals surface area contributed by atoms with E-state index in [0.29, 0.717) is 0 Å². The van der Waals surface area contributed by atoms with Gasteiger partial charge in [-0.1, -0.05) is 0 Å². The lowest BCUT2D eigenvalue weighted by Crippen LogP contribution is -2.77. The summed E-state index contributed by atoms with van der Waals surface area (Å²) in [5.74, 6) is -8.57. The van der Waals surface area contributed by atoms with Gasteiger partial charge in [-0.25, -0.2) is 18.1 Å². The molecular formula is C6H9O9P. The second kappa shape index (κ2) is 2.51. The number of ether oxygens (including phenoxy) is 1. The van der Waals surface area contributed by atoms with Crippen LogP contribution in [0.2, 0.25) is 0 Å². The minimum Gasteiger partial charge on any atom is -0.385 e. The monoisotopic (exact) mass is 256 g/mol. The fourth-order valence-electron chi connectivity index (χ4n) is 2.00. The highest BCUT2D eigenvalue weighted by molar-refractivity contribution is 7.49. The van der Waals surface area contributed by atoms with Crippen molar-refractivity contribution in [2.24, 2.45) is 0 Å². The first-order chi connectivity index (χ1) is 7.16. The van der Waals surface area contributed by atoms with Crippen molar-refractivity contribution in [1.29, 1.82) is 0 Å². The molecule has 10 heteroatoms. The maximum atomic E-state index is 11.6. The lowest BCUT2D eigenvalue weighted by atomic mass is 9.91.